The Morgan fingerprint density at radius 3 is 2.89 bits per heavy atom. The van der Waals surface area contributed by atoms with Gasteiger partial charge >= 0.3 is 0 Å². The Bertz CT molecular complexity index is 375. The SMILES string of the molecule is CCn1ncnc1CC1CC(C(C)C)CCC1Br. The summed E-state index contributed by atoms with van der Waals surface area (Å²) in [5.74, 6) is 3.54. The van der Waals surface area contributed by atoms with Crippen molar-refractivity contribution >= 4 is 15.9 Å². The van der Waals surface area contributed by atoms with Crippen LogP contribution in [0, 0.1) is 17.8 Å². The van der Waals surface area contributed by atoms with Gasteiger partial charge in [0, 0.05) is 17.8 Å². The zero-order chi connectivity index (χ0) is 13.1. The largest absolute Gasteiger partial charge is 0.250 e. The second-order valence-corrected chi connectivity index (χ2v) is 6.97. The number of hydrogen-bond acceptors (Lipinski definition) is 2. The molecular weight excluding hydrogens is 290 g/mol. The van der Waals surface area contributed by atoms with Gasteiger partial charge in [0.25, 0.3) is 0 Å². The van der Waals surface area contributed by atoms with Gasteiger partial charge < -0.3 is 0 Å². The average molecular weight is 314 g/mol. The minimum Gasteiger partial charge on any atom is -0.250 e. The van der Waals surface area contributed by atoms with Gasteiger partial charge in [-0.15, -0.1) is 0 Å². The van der Waals surface area contributed by atoms with Crippen LogP contribution in [0.25, 0.3) is 0 Å². The first-order valence-electron chi connectivity index (χ1n) is 7.12. The maximum atomic E-state index is 4.42. The summed E-state index contributed by atoms with van der Waals surface area (Å²) in [5, 5.41) is 4.27. The van der Waals surface area contributed by atoms with Crippen molar-refractivity contribution in [2.45, 2.75) is 57.8 Å². The summed E-state index contributed by atoms with van der Waals surface area (Å²) in [4.78, 5) is 5.06. The van der Waals surface area contributed by atoms with Crippen molar-refractivity contribution in [1.82, 2.24) is 14.8 Å². The number of aryl methyl sites for hydroxylation is 1. The van der Waals surface area contributed by atoms with Crippen LogP contribution < -0.4 is 0 Å². The minimum atomic E-state index is 0.648. The van der Waals surface area contributed by atoms with Crippen molar-refractivity contribution in [1.29, 1.82) is 0 Å². The van der Waals surface area contributed by atoms with Gasteiger partial charge in [-0.3, -0.25) is 4.68 Å². The minimum absolute atomic E-state index is 0.648. The molecule has 3 nitrogen and oxygen atoms in total. The van der Waals surface area contributed by atoms with Gasteiger partial charge in [0.1, 0.15) is 12.2 Å². The van der Waals surface area contributed by atoms with Crippen LogP contribution in [-0.4, -0.2) is 19.6 Å². The van der Waals surface area contributed by atoms with E-state index in [1.165, 1.54) is 19.3 Å². The van der Waals surface area contributed by atoms with E-state index in [1.54, 1.807) is 6.33 Å². The molecule has 1 aliphatic rings. The second-order valence-electron chi connectivity index (χ2n) is 5.79. The molecule has 1 aliphatic carbocycles. The number of rotatable bonds is 4. The predicted octanol–water partition coefficient (Wildman–Crippen LogP) is 3.68. The Morgan fingerprint density at radius 2 is 2.22 bits per heavy atom. The van der Waals surface area contributed by atoms with E-state index in [9.17, 15) is 0 Å². The fourth-order valence-electron chi connectivity index (χ4n) is 3.02. The quantitative estimate of drug-likeness (QED) is 0.794. The third kappa shape index (κ3) is 3.14. The van der Waals surface area contributed by atoms with Gasteiger partial charge in [-0.1, -0.05) is 29.8 Å². The lowest BCUT2D eigenvalue weighted by atomic mass is 9.75. The maximum absolute atomic E-state index is 4.42. The number of hydrogen-bond donors (Lipinski definition) is 0. The number of alkyl halides is 1. The van der Waals surface area contributed by atoms with E-state index in [0.717, 1.165) is 30.6 Å². The fraction of sp³-hybridized carbons (Fsp3) is 0.857. The summed E-state index contributed by atoms with van der Waals surface area (Å²) in [6.45, 7) is 7.75. The van der Waals surface area contributed by atoms with Gasteiger partial charge in [-0.2, -0.15) is 5.10 Å². The molecule has 1 saturated carbocycles. The highest BCUT2D eigenvalue weighted by molar-refractivity contribution is 9.09. The van der Waals surface area contributed by atoms with E-state index in [-0.39, 0.29) is 0 Å². The lowest BCUT2D eigenvalue weighted by molar-refractivity contribution is 0.219. The first kappa shape index (κ1) is 14.0. The Morgan fingerprint density at radius 1 is 1.44 bits per heavy atom. The Labute approximate surface area is 118 Å². The molecule has 1 fully saturated rings. The molecule has 0 N–H and O–H groups in total. The van der Waals surface area contributed by atoms with Gasteiger partial charge in [0.05, 0.1) is 0 Å². The topological polar surface area (TPSA) is 30.7 Å². The molecule has 0 bridgehead atoms. The van der Waals surface area contributed by atoms with Crippen molar-refractivity contribution in [3.8, 4) is 0 Å². The Balaban J connectivity index is 2.02. The van der Waals surface area contributed by atoms with Crippen LogP contribution in [0.2, 0.25) is 0 Å². The summed E-state index contributed by atoms with van der Waals surface area (Å²) in [5.41, 5.74) is 0. The number of halogens is 1. The summed E-state index contributed by atoms with van der Waals surface area (Å²) in [6.07, 6.45) is 6.74. The molecule has 0 aromatic carbocycles. The molecule has 0 radical (unpaired) electrons. The monoisotopic (exact) mass is 313 g/mol. The standard InChI is InChI=1S/C14H24BrN3/c1-4-18-14(16-9-17-18)8-12-7-11(10(2)3)5-6-13(12)15/h9-13H,4-8H2,1-3H3. The van der Waals surface area contributed by atoms with Crippen LogP contribution in [0.1, 0.15) is 45.9 Å². The molecule has 2 rings (SSSR count). The van der Waals surface area contributed by atoms with Crippen molar-refractivity contribution in [3.63, 3.8) is 0 Å². The van der Waals surface area contributed by atoms with Crippen LogP contribution in [0.5, 0.6) is 0 Å². The molecule has 0 aliphatic heterocycles. The van der Waals surface area contributed by atoms with E-state index in [0.29, 0.717) is 10.7 Å². The predicted molar refractivity (Wildman–Crippen MR) is 77.8 cm³/mol. The molecule has 18 heavy (non-hydrogen) atoms. The second kappa shape index (κ2) is 6.18. The van der Waals surface area contributed by atoms with Crippen molar-refractivity contribution < 1.29 is 0 Å². The fourth-order valence-corrected chi connectivity index (χ4v) is 3.69. The molecule has 4 heteroatoms. The highest BCUT2D eigenvalue weighted by Crippen LogP contribution is 2.38. The van der Waals surface area contributed by atoms with Gasteiger partial charge in [-0.25, -0.2) is 4.98 Å². The highest BCUT2D eigenvalue weighted by Gasteiger charge is 2.31. The molecule has 1 heterocycles. The van der Waals surface area contributed by atoms with E-state index < -0.39 is 0 Å². The van der Waals surface area contributed by atoms with E-state index in [4.69, 9.17) is 0 Å². The molecule has 0 spiro atoms. The third-order valence-corrected chi connectivity index (χ3v) is 5.52. The van der Waals surface area contributed by atoms with Gasteiger partial charge in [-0.05, 0) is 43.9 Å². The number of aromatic nitrogens is 3. The van der Waals surface area contributed by atoms with E-state index in [1.807, 2.05) is 4.68 Å². The smallest absolute Gasteiger partial charge is 0.138 e. The van der Waals surface area contributed by atoms with E-state index in [2.05, 4.69) is 46.8 Å². The molecule has 1 aromatic heterocycles. The molecule has 0 amide bonds. The Kier molecular flexibility index (Phi) is 4.82. The first-order chi connectivity index (χ1) is 8.61. The normalized spacial score (nSPS) is 28.8. The molecule has 3 atom stereocenters. The molecule has 0 saturated heterocycles. The van der Waals surface area contributed by atoms with Crippen LogP contribution >= 0.6 is 15.9 Å². The van der Waals surface area contributed by atoms with Crippen molar-refractivity contribution in [3.05, 3.63) is 12.2 Å². The van der Waals surface area contributed by atoms with Gasteiger partial charge in [0.2, 0.25) is 0 Å². The summed E-state index contributed by atoms with van der Waals surface area (Å²) in [6, 6.07) is 0. The summed E-state index contributed by atoms with van der Waals surface area (Å²) >= 11 is 3.87. The number of nitrogens with zero attached hydrogens (tertiary/aromatic N) is 3. The van der Waals surface area contributed by atoms with Crippen LogP contribution in [0.15, 0.2) is 6.33 Å². The highest BCUT2D eigenvalue weighted by atomic mass is 79.9. The van der Waals surface area contributed by atoms with Crippen LogP contribution in [0.3, 0.4) is 0 Å². The molecule has 3 unspecified atom stereocenters. The molecule has 102 valence electrons. The van der Waals surface area contributed by atoms with Crippen molar-refractivity contribution in [2.24, 2.45) is 17.8 Å². The van der Waals surface area contributed by atoms with E-state index >= 15 is 0 Å². The molecular formula is C14H24BrN3. The molecule has 1 aromatic rings. The summed E-state index contributed by atoms with van der Waals surface area (Å²) < 4.78 is 2.03. The van der Waals surface area contributed by atoms with Gasteiger partial charge in [0.15, 0.2) is 0 Å². The van der Waals surface area contributed by atoms with Crippen molar-refractivity contribution in [2.75, 3.05) is 0 Å². The lowest BCUT2D eigenvalue weighted by Gasteiger charge is -2.35. The third-order valence-electron chi connectivity index (χ3n) is 4.31. The zero-order valence-electron chi connectivity index (χ0n) is 11.6. The zero-order valence-corrected chi connectivity index (χ0v) is 13.2. The van der Waals surface area contributed by atoms with Crippen LogP contribution in [-0.2, 0) is 13.0 Å². The Hall–Kier alpha value is -0.380. The first-order valence-corrected chi connectivity index (χ1v) is 8.04. The average Bonchev–Trinajstić information content (AvgIpc) is 2.79. The lowest BCUT2D eigenvalue weighted by Crippen LogP contribution is -2.30. The summed E-state index contributed by atoms with van der Waals surface area (Å²) in [7, 11) is 0. The maximum Gasteiger partial charge on any atom is 0.138 e. The van der Waals surface area contributed by atoms with Crippen LogP contribution in [0.4, 0.5) is 0 Å².